The number of methoxy groups -OCH3 is 1. The minimum absolute atomic E-state index is 0.00397. The van der Waals surface area contributed by atoms with Crippen LogP contribution in [0.4, 0.5) is 0 Å². The molecule has 0 amide bonds. The van der Waals surface area contributed by atoms with Crippen LogP contribution in [0.1, 0.15) is 32.1 Å². The van der Waals surface area contributed by atoms with Gasteiger partial charge in [-0.2, -0.15) is 0 Å². The zero-order chi connectivity index (χ0) is 21.0. The van der Waals surface area contributed by atoms with E-state index in [0.717, 1.165) is 17.4 Å². The number of likely N-dealkylation sites (N-methyl/N-ethyl adjacent to an activating group) is 1. The lowest BCUT2D eigenvalue weighted by molar-refractivity contribution is -0.141. The molecule has 9 nitrogen and oxygen atoms in total. The lowest BCUT2D eigenvalue weighted by Crippen LogP contribution is -2.39. The van der Waals surface area contributed by atoms with Gasteiger partial charge in [-0.1, -0.05) is 19.3 Å². The second-order valence-electron chi connectivity index (χ2n) is 7.33. The molecule has 0 saturated heterocycles. The molecule has 3 rings (SSSR count). The molecule has 0 aliphatic heterocycles. The van der Waals surface area contributed by atoms with Gasteiger partial charge >= 0.3 is 11.7 Å². The third kappa shape index (κ3) is 5.06. The zero-order valence-electron chi connectivity index (χ0n) is 16.7. The van der Waals surface area contributed by atoms with E-state index in [1.165, 1.54) is 44.6 Å². The molecule has 1 saturated carbocycles. The standard InChI is InChI=1S/C19H27N3O6S/c1-21(14-6-4-3-5-7-14)11-10-20-29(25,26)15-8-9-16-17(12-15)28-19(24)22(16)13-18(23)27-2/h8-9,12,14,20H,3-7,10-11,13H2,1-2H3. The highest BCUT2D eigenvalue weighted by atomic mass is 32.2. The van der Waals surface area contributed by atoms with Crippen molar-refractivity contribution < 1.29 is 22.4 Å². The molecule has 1 heterocycles. The van der Waals surface area contributed by atoms with Crippen molar-refractivity contribution in [3.05, 3.63) is 28.7 Å². The Morgan fingerprint density at radius 2 is 2.03 bits per heavy atom. The summed E-state index contributed by atoms with van der Waals surface area (Å²) in [4.78, 5) is 25.6. The largest absolute Gasteiger partial charge is 0.468 e. The second-order valence-corrected chi connectivity index (χ2v) is 9.10. The highest BCUT2D eigenvalue weighted by Gasteiger charge is 2.21. The van der Waals surface area contributed by atoms with Gasteiger partial charge in [-0.25, -0.2) is 17.9 Å². The molecular weight excluding hydrogens is 398 g/mol. The summed E-state index contributed by atoms with van der Waals surface area (Å²) in [5.41, 5.74) is 0.428. The number of benzene rings is 1. The van der Waals surface area contributed by atoms with Gasteiger partial charge in [-0.15, -0.1) is 0 Å². The average Bonchev–Trinajstić information content (AvgIpc) is 3.02. The maximum atomic E-state index is 12.6. The smallest absolute Gasteiger partial charge is 0.420 e. The molecule has 160 valence electrons. The highest BCUT2D eigenvalue weighted by Crippen LogP contribution is 2.21. The summed E-state index contributed by atoms with van der Waals surface area (Å²) in [5.74, 6) is -1.35. The molecule has 1 aromatic heterocycles. The quantitative estimate of drug-likeness (QED) is 0.635. The molecule has 1 N–H and O–H groups in total. The molecule has 2 aromatic rings. The maximum absolute atomic E-state index is 12.6. The molecule has 10 heteroatoms. The molecule has 1 aliphatic rings. The number of nitrogens with zero attached hydrogens (tertiary/aromatic N) is 2. The molecule has 0 atom stereocenters. The number of carbonyl (C=O) groups excluding carboxylic acids is 1. The summed E-state index contributed by atoms with van der Waals surface area (Å²) < 4.78 is 38.6. The Labute approximate surface area is 169 Å². The number of esters is 1. The predicted octanol–water partition coefficient (Wildman–Crippen LogP) is 1.31. The monoisotopic (exact) mass is 425 g/mol. The number of hydrogen-bond donors (Lipinski definition) is 1. The van der Waals surface area contributed by atoms with Gasteiger partial charge in [0.15, 0.2) is 5.58 Å². The van der Waals surface area contributed by atoms with Gasteiger partial charge in [-0.05, 0) is 32.0 Å². The number of nitrogens with one attached hydrogen (secondary N) is 1. The van der Waals surface area contributed by atoms with Crippen LogP contribution in [-0.2, 0) is 26.1 Å². The predicted molar refractivity (Wildman–Crippen MR) is 107 cm³/mol. The van der Waals surface area contributed by atoms with E-state index >= 15 is 0 Å². The van der Waals surface area contributed by atoms with Crippen LogP contribution in [0.15, 0.2) is 32.3 Å². The highest BCUT2D eigenvalue weighted by molar-refractivity contribution is 7.89. The number of ether oxygens (including phenoxy) is 1. The van der Waals surface area contributed by atoms with Crippen molar-refractivity contribution in [2.24, 2.45) is 0 Å². The molecule has 0 radical (unpaired) electrons. The lowest BCUT2D eigenvalue weighted by atomic mass is 9.94. The van der Waals surface area contributed by atoms with Crippen LogP contribution in [-0.4, -0.2) is 57.1 Å². The summed E-state index contributed by atoms with van der Waals surface area (Å²) in [7, 11) is -0.506. The van der Waals surface area contributed by atoms with E-state index in [1.807, 2.05) is 7.05 Å². The van der Waals surface area contributed by atoms with Gasteiger partial charge in [0.25, 0.3) is 0 Å². The van der Waals surface area contributed by atoms with E-state index in [0.29, 0.717) is 24.6 Å². The number of rotatable bonds is 8. The minimum Gasteiger partial charge on any atom is -0.468 e. The van der Waals surface area contributed by atoms with Crippen molar-refractivity contribution in [3.8, 4) is 0 Å². The summed E-state index contributed by atoms with van der Waals surface area (Å²) in [6.45, 7) is 0.609. The van der Waals surface area contributed by atoms with E-state index in [9.17, 15) is 18.0 Å². The van der Waals surface area contributed by atoms with Crippen LogP contribution in [0, 0.1) is 0 Å². The van der Waals surface area contributed by atoms with Gasteiger partial charge in [-0.3, -0.25) is 9.36 Å². The first-order chi connectivity index (χ1) is 13.8. The fraction of sp³-hybridized carbons (Fsp3) is 0.579. The Balaban J connectivity index is 1.68. The second kappa shape index (κ2) is 9.10. The van der Waals surface area contributed by atoms with E-state index < -0.39 is 21.7 Å². The van der Waals surface area contributed by atoms with Gasteiger partial charge in [0.05, 0.1) is 17.5 Å². The molecule has 0 spiro atoms. The Morgan fingerprint density at radius 3 is 2.72 bits per heavy atom. The molecule has 29 heavy (non-hydrogen) atoms. The minimum atomic E-state index is -3.75. The van der Waals surface area contributed by atoms with Gasteiger partial charge in [0.2, 0.25) is 10.0 Å². The number of oxazole rings is 1. The van der Waals surface area contributed by atoms with Crippen molar-refractivity contribution in [2.75, 3.05) is 27.2 Å². The molecule has 0 unspecified atom stereocenters. The topological polar surface area (TPSA) is 111 Å². The maximum Gasteiger partial charge on any atom is 0.420 e. The first-order valence-corrected chi connectivity index (χ1v) is 11.2. The number of aromatic nitrogens is 1. The molecular formula is C19H27N3O6S. The zero-order valence-corrected chi connectivity index (χ0v) is 17.5. The number of sulfonamides is 1. The first-order valence-electron chi connectivity index (χ1n) is 9.72. The van der Waals surface area contributed by atoms with Gasteiger partial charge < -0.3 is 14.1 Å². The third-order valence-electron chi connectivity index (χ3n) is 5.42. The SMILES string of the molecule is COC(=O)Cn1c(=O)oc2cc(S(=O)(=O)NCCN(C)C3CCCCC3)ccc21. The Bertz CT molecular complexity index is 1020. The van der Waals surface area contributed by atoms with Crippen molar-refractivity contribution in [1.82, 2.24) is 14.2 Å². The van der Waals surface area contributed by atoms with Gasteiger partial charge in [0.1, 0.15) is 6.54 Å². The van der Waals surface area contributed by atoms with Gasteiger partial charge in [0, 0.05) is 25.2 Å². The van der Waals surface area contributed by atoms with Crippen molar-refractivity contribution in [1.29, 1.82) is 0 Å². The van der Waals surface area contributed by atoms with Crippen molar-refractivity contribution in [3.63, 3.8) is 0 Å². The summed E-state index contributed by atoms with van der Waals surface area (Å²) in [5, 5.41) is 0. The fourth-order valence-corrected chi connectivity index (χ4v) is 4.74. The summed E-state index contributed by atoms with van der Waals surface area (Å²) in [6, 6.07) is 4.63. The molecule has 0 bridgehead atoms. The van der Waals surface area contributed by atoms with Crippen LogP contribution in [0.3, 0.4) is 0 Å². The summed E-state index contributed by atoms with van der Waals surface area (Å²) in [6.07, 6.45) is 6.03. The van der Waals surface area contributed by atoms with E-state index in [2.05, 4.69) is 14.4 Å². The lowest BCUT2D eigenvalue weighted by Gasteiger charge is -2.31. The fourth-order valence-electron chi connectivity index (χ4n) is 3.70. The Kier molecular flexibility index (Phi) is 6.76. The van der Waals surface area contributed by atoms with E-state index in [4.69, 9.17) is 4.42 Å². The van der Waals surface area contributed by atoms with E-state index in [1.54, 1.807) is 0 Å². The number of carbonyl (C=O) groups is 1. The molecule has 1 aliphatic carbocycles. The molecule has 1 aromatic carbocycles. The van der Waals surface area contributed by atoms with Crippen LogP contribution in [0.2, 0.25) is 0 Å². The normalized spacial score (nSPS) is 15.8. The number of hydrogen-bond acceptors (Lipinski definition) is 7. The van der Waals surface area contributed by atoms with Crippen molar-refractivity contribution >= 4 is 27.1 Å². The van der Waals surface area contributed by atoms with Crippen LogP contribution >= 0.6 is 0 Å². The number of fused-ring (bicyclic) bond motifs is 1. The Hall–Kier alpha value is -2.17. The third-order valence-corrected chi connectivity index (χ3v) is 6.88. The molecule has 1 fully saturated rings. The van der Waals surface area contributed by atoms with Crippen LogP contribution in [0.25, 0.3) is 11.1 Å². The average molecular weight is 426 g/mol. The van der Waals surface area contributed by atoms with Crippen LogP contribution in [0.5, 0.6) is 0 Å². The Morgan fingerprint density at radius 1 is 1.31 bits per heavy atom. The van der Waals surface area contributed by atoms with Crippen molar-refractivity contribution in [2.45, 2.75) is 49.6 Å². The summed E-state index contributed by atoms with van der Waals surface area (Å²) >= 11 is 0. The van der Waals surface area contributed by atoms with E-state index in [-0.39, 0.29) is 17.0 Å². The van der Waals surface area contributed by atoms with Crippen LogP contribution < -0.4 is 10.5 Å². The first kappa shape index (κ1) is 21.5.